The molecule has 0 fully saturated rings. The number of rotatable bonds is 10. The Morgan fingerprint density at radius 2 is 1.86 bits per heavy atom. The third kappa shape index (κ3) is 5.40. The smallest absolute Gasteiger partial charge is 0.306 e. The minimum Gasteiger partial charge on any atom is -0.490 e. The van der Waals surface area contributed by atoms with Gasteiger partial charge in [0, 0.05) is 0 Å². The van der Waals surface area contributed by atoms with Crippen LogP contribution in [0.15, 0.2) is 18.2 Å². The summed E-state index contributed by atoms with van der Waals surface area (Å²) in [5, 5.41) is 18.7. The maximum absolute atomic E-state index is 11.1. The predicted octanol–water partition coefficient (Wildman–Crippen LogP) is 1.41. The van der Waals surface area contributed by atoms with Gasteiger partial charge in [-0.1, -0.05) is 12.1 Å². The highest BCUT2D eigenvalue weighted by molar-refractivity contribution is 6.55. The van der Waals surface area contributed by atoms with Crippen molar-refractivity contribution in [2.75, 3.05) is 13.2 Å². The second-order valence-electron chi connectivity index (χ2n) is 4.51. The Morgan fingerprint density at radius 3 is 2.41 bits per heavy atom. The molecule has 1 aromatic carbocycles. The van der Waals surface area contributed by atoms with Crippen LogP contribution in [0.3, 0.4) is 0 Å². The number of hydrogen-bond acceptors (Lipinski definition) is 4. The van der Waals surface area contributed by atoms with Crippen LogP contribution in [-0.2, 0) is 9.59 Å². The summed E-state index contributed by atoms with van der Waals surface area (Å²) in [6, 6.07) is 5.74. The van der Waals surface area contributed by atoms with Gasteiger partial charge < -0.3 is 19.7 Å². The molecule has 1 atom stereocenters. The lowest BCUT2D eigenvalue weighted by atomic mass is 10.1. The van der Waals surface area contributed by atoms with E-state index in [9.17, 15) is 9.59 Å². The summed E-state index contributed by atoms with van der Waals surface area (Å²) in [5.41, 5.74) is 0. The number of carboxylic acids is 2. The molecule has 0 aliphatic carbocycles. The standard InChI is InChI=1S/C15H20O6Si/c1-3-20-11-6-5-7-12(14(11)21-4-2)22-9-10(15(18)19)8-13(16)17/h5-7,10H,3-4,8-9H2,1-2H3,(H,16,17)(H,18,19). The van der Waals surface area contributed by atoms with Crippen molar-refractivity contribution in [3.63, 3.8) is 0 Å². The molecule has 0 saturated carbocycles. The Balaban J connectivity index is 2.89. The highest BCUT2D eigenvalue weighted by atomic mass is 28.2. The first-order valence-corrected chi connectivity index (χ1v) is 8.27. The molecule has 0 spiro atoms. The molecule has 1 aromatic rings. The average molecular weight is 324 g/mol. The maximum Gasteiger partial charge on any atom is 0.306 e. The van der Waals surface area contributed by atoms with Crippen LogP contribution in [-0.4, -0.2) is 44.9 Å². The molecule has 0 aliphatic rings. The fraction of sp³-hybridized carbons (Fsp3) is 0.467. The van der Waals surface area contributed by atoms with E-state index in [1.807, 2.05) is 26.0 Å². The Kier molecular flexibility index (Phi) is 7.45. The lowest BCUT2D eigenvalue weighted by Gasteiger charge is -2.16. The Hall–Kier alpha value is -2.02. The summed E-state index contributed by atoms with van der Waals surface area (Å²) in [5.74, 6) is -1.86. The molecule has 0 heterocycles. The quantitative estimate of drug-likeness (QED) is 0.632. The first-order chi connectivity index (χ1) is 10.5. The summed E-state index contributed by atoms with van der Waals surface area (Å²) >= 11 is 0. The zero-order valence-corrected chi connectivity index (χ0v) is 13.7. The van der Waals surface area contributed by atoms with Crippen molar-refractivity contribution in [2.24, 2.45) is 5.92 Å². The molecule has 0 aromatic heterocycles. The van der Waals surface area contributed by atoms with E-state index in [0.29, 0.717) is 24.7 Å². The van der Waals surface area contributed by atoms with Crippen LogP contribution in [0.5, 0.6) is 11.5 Å². The third-order valence-electron chi connectivity index (χ3n) is 2.88. The molecular weight excluding hydrogens is 304 g/mol. The molecule has 2 radical (unpaired) electrons. The van der Waals surface area contributed by atoms with E-state index in [1.165, 1.54) is 0 Å². The lowest BCUT2D eigenvalue weighted by molar-refractivity contribution is -0.147. The van der Waals surface area contributed by atoms with Crippen molar-refractivity contribution < 1.29 is 29.3 Å². The largest absolute Gasteiger partial charge is 0.490 e. The van der Waals surface area contributed by atoms with Crippen LogP contribution < -0.4 is 14.7 Å². The van der Waals surface area contributed by atoms with Crippen LogP contribution in [0.25, 0.3) is 0 Å². The summed E-state index contributed by atoms with van der Waals surface area (Å²) in [6.07, 6.45) is -0.378. The minimum absolute atomic E-state index is 0.137. The second kappa shape index (κ2) is 9.09. The molecule has 120 valence electrons. The monoisotopic (exact) mass is 324 g/mol. The van der Waals surface area contributed by atoms with Crippen LogP contribution in [0.4, 0.5) is 0 Å². The maximum atomic E-state index is 11.1. The number of aliphatic carboxylic acids is 2. The van der Waals surface area contributed by atoms with Crippen LogP contribution in [0.2, 0.25) is 6.04 Å². The number of benzene rings is 1. The van der Waals surface area contributed by atoms with E-state index in [2.05, 4.69) is 0 Å². The molecule has 2 N–H and O–H groups in total. The van der Waals surface area contributed by atoms with Crippen molar-refractivity contribution in [2.45, 2.75) is 26.3 Å². The summed E-state index contributed by atoms with van der Waals surface area (Å²) in [4.78, 5) is 21.9. The van der Waals surface area contributed by atoms with Gasteiger partial charge in [0.2, 0.25) is 0 Å². The van der Waals surface area contributed by atoms with Crippen molar-refractivity contribution >= 4 is 26.6 Å². The van der Waals surface area contributed by atoms with Gasteiger partial charge in [-0.05, 0) is 31.1 Å². The molecule has 7 heteroatoms. The van der Waals surface area contributed by atoms with Crippen molar-refractivity contribution in [3.8, 4) is 11.5 Å². The fourth-order valence-corrected chi connectivity index (χ4v) is 3.26. The van der Waals surface area contributed by atoms with E-state index in [0.717, 1.165) is 5.19 Å². The molecule has 6 nitrogen and oxygen atoms in total. The van der Waals surface area contributed by atoms with E-state index in [4.69, 9.17) is 19.7 Å². The first-order valence-electron chi connectivity index (χ1n) is 7.06. The third-order valence-corrected chi connectivity index (χ3v) is 4.35. The van der Waals surface area contributed by atoms with Gasteiger partial charge in [-0.2, -0.15) is 0 Å². The summed E-state index contributed by atoms with van der Waals surface area (Å²) in [6.45, 7) is 4.71. The number of carbonyl (C=O) groups is 2. The Labute approximate surface area is 131 Å². The number of carboxylic acid groups (broad SMARTS) is 2. The van der Waals surface area contributed by atoms with Gasteiger partial charge in [-0.3, -0.25) is 9.59 Å². The Bertz CT molecular complexity index is 517. The highest BCUT2D eigenvalue weighted by Crippen LogP contribution is 2.25. The minimum atomic E-state index is -1.11. The van der Waals surface area contributed by atoms with Gasteiger partial charge >= 0.3 is 11.9 Å². The number of hydrogen-bond donors (Lipinski definition) is 2. The summed E-state index contributed by atoms with van der Waals surface area (Å²) in [7, 11) is 0.137. The zero-order chi connectivity index (χ0) is 16.5. The SMILES string of the molecule is CCOc1cccc([Si]CC(CC(=O)O)C(=O)O)c1OCC. The van der Waals surface area contributed by atoms with Crippen LogP contribution >= 0.6 is 0 Å². The van der Waals surface area contributed by atoms with Gasteiger partial charge in [0.15, 0.2) is 11.5 Å². The van der Waals surface area contributed by atoms with Crippen LogP contribution in [0.1, 0.15) is 20.3 Å². The fourth-order valence-electron chi connectivity index (χ4n) is 1.91. The molecule has 0 saturated heterocycles. The van der Waals surface area contributed by atoms with E-state index in [-0.39, 0.29) is 22.0 Å². The average Bonchev–Trinajstić information content (AvgIpc) is 2.45. The van der Waals surface area contributed by atoms with E-state index in [1.54, 1.807) is 6.07 Å². The molecule has 22 heavy (non-hydrogen) atoms. The number of ether oxygens (including phenoxy) is 2. The predicted molar refractivity (Wildman–Crippen MR) is 82.4 cm³/mol. The van der Waals surface area contributed by atoms with Gasteiger partial charge in [0.25, 0.3) is 0 Å². The van der Waals surface area contributed by atoms with Gasteiger partial charge in [0.1, 0.15) is 0 Å². The molecule has 1 rings (SSSR count). The topological polar surface area (TPSA) is 93.1 Å². The van der Waals surface area contributed by atoms with Crippen molar-refractivity contribution in [1.82, 2.24) is 0 Å². The van der Waals surface area contributed by atoms with Crippen molar-refractivity contribution in [1.29, 1.82) is 0 Å². The second-order valence-corrected chi connectivity index (χ2v) is 5.81. The normalized spacial score (nSPS) is 11.7. The molecule has 0 bridgehead atoms. The lowest BCUT2D eigenvalue weighted by Crippen LogP contribution is -2.25. The van der Waals surface area contributed by atoms with Gasteiger partial charge in [-0.25, -0.2) is 0 Å². The van der Waals surface area contributed by atoms with E-state index < -0.39 is 17.9 Å². The van der Waals surface area contributed by atoms with Crippen LogP contribution in [0, 0.1) is 5.92 Å². The molecule has 0 aliphatic heterocycles. The Morgan fingerprint density at radius 1 is 1.18 bits per heavy atom. The van der Waals surface area contributed by atoms with Gasteiger partial charge in [0.05, 0.1) is 35.1 Å². The molecule has 0 amide bonds. The van der Waals surface area contributed by atoms with Crippen molar-refractivity contribution in [3.05, 3.63) is 18.2 Å². The van der Waals surface area contributed by atoms with Gasteiger partial charge in [-0.15, -0.1) is 0 Å². The number of para-hydroxylation sites is 1. The summed E-state index contributed by atoms with van der Waals surface area (Å²) < 4.78 is 11.1. The van der Waals surface area contributed by atoms with E-state index >= 15 is 0 Å². The molecular formula is C15H20O6Si. The highest BCUT2D eigenvalue weighted by Gasteiger charge is 2.22. The first kappa shape index (κ1) is 18.0. The zero-order valence-electron chi connectivity index (χ0n) is 12.7. The molecule has 1 unspecified atom stereocenters.